The van der Waals surface area contributed by atoms with Crippen LogP contribution in [0.4, 0.5) is 4.79 Å². The Kier molecular flexibility index (Phi) is 5.01. The standard InChI is InChI=1S/C14H21NO9S/c1-5-22-13(19)24-7(2)23-12(18)9-14(3,4)25(20,21)11-8(6-16)10(17)15(9)11/h7-9,11,16H,5-6H2,1-4H3/t7?,8-,9+,11-/m1/s1. The molecule has 1 amide bonds. The second kappa shape index (κ2) is 6.45. The fourth-order valence-corrected chi connectivity index (χ4v) is 5.40. The summed E-state index contributed by atoms with van der Waals surface area (Å²) in [4.78, 5) is 36.7. The Morgan fingerprint density at radius 2 is 1.92 bits per heavy atom. The van der Waals surface area contributed by atoms with Crippen LogP contribution >= 0.6 is 0 Å². The number of carbonyl (C=O) groups is 3. The molecule has 4 atom stereocenters. The number of hydrogen-bond acceptors (Lipinski definition) is 9. The Labute approximate surface area is 144 Å². The van der Waals surface area contributed by atoms with Crippen LogP contribution in [0.3, 0.4) is 0 Å². The van der Waals surface area contributed by atoms with Gasteiger partial charge in [0, 0.05) is 6.92 Å². The summed E-state index contributed by atoms with van der Waals surface area (Å²) in [6.07, 6.45) is -2.37. The van der Waals surface area contributed by atoms with Crippen LogP contribution in [0.15, 0.2) is 0 Å². The molecule has 2 aliphatic heterocycles. The molecule has 2 rings (SSSR count). The van der Waals surface area contributed by atoms with Crippen LogP contribution in [-0.4, -0.2) is 72.1 Å². The van der Waals surface area contributed by atoms with Crippen molar-refractivity contribution in [3.63, 3.8) is 0 Å². The number of fused-ring (bicyclic) bond motifs is 1. The van der Waals surface area contributed by atoms with Crippen LogP contribution in [-0.2, 0) is 33.6 Å². The van der Waals surface area contributed by atoms with Gasteiger partial charge in [-0.25, -0.2) is 18.0 Å². The molecule has 0 aliphatic carbocycles. The summed E-state index contributed by atoms with van der Waals surface area (Å²) in [5.74, 6) is -2.74. The third-order valence-corrected chi connectivity index (χ3v) is 7.29. The predicted octanol–water partition coefficient (Wildman–Crippen LogP) is -0.599. The topological polar surface area (TPSA) is 137 Å². The van der Waals surface area contributed by atoms with Gasteiger partial charge in [0.05, 0.1) is 23.9 Å². The lowest BCUT2D eigenvalue weighted by molar-refractivity contribution is -0.182. The van der Waals surface area contributed by atoms with Crippen LogP contribution in [0.2, 0.25) is 0 Å². The summed E-state index contributed by atoms with van der Waals surface area (Å²) in [5, 5.41) is 7.96. The van der Waals surface area contributed by atoms with Crippen molar-refractivity contribution in [1.82, 2.24) is 4.90 Å². The predicted molar refractivity (Wildman–Crippen MR) is 81.7 cm³/mol. The average Bonchev–Trinajstić information content (AvgIpc) is 2.62. The maximum atomic E-state index is 12.6. The number of β-lactam (4-membered cyclic amide) rings is 1. The highest BCUT2D eigenvalue weighted by molar-refractivity contribution is 7.93. The number of amides is 1. The Morgan fingerprint density at radius 1 is 1.32 bits per heavy atom. The summed E-state index contributed by atoms with van der Waals surface area (Å²) < 4.78 is 37.9. The van der Waals surface area contributed by atoms with E-state index in [1.165, 1.54) is 20.8 Å². The number of sulfone groups is 1. The number of hydrogen-bond donors (Lipinski definition) is 1. The van der Waals surface area contributed by atoms with Crippen LogP contribution < -0.4 is 0 Å². The van der Waals surface area contributed by atoms with Crippen molar-refractivity contribution in [3.05, 3.63) is 0 Å². The molecule has 0 aromatic carbocycles. The van der Waals surface area contributed by atoms with Crippen molar-refractivity contribution >= 4 is 27.9 Å². The lowest BCUT2D eigenvalue weighted by Gasteiger charge is -2.42. The van der Waals surface area contributed by atoms with E-state index in [1.807, 2.05) is 0 Å². The van der Waals surface area contributed by atoms with Crippen LogP contribution in [0.25, 0.3) is 0 Å². The van der Waals surface area contributed by atoms with E-state index in [0.717, 1.165) is 4.90 Å². The van der Waals surface area contributed by atoms with E-state index in [-0.39, 0.29) is 6.61 Å². The van der Waals surface area contributed by atoms with Gasteiger partial charge in [-0.1, -0.05) is 0 Å². The molecule has 0 bridgehead atoms. The minimum Gasteiger partial charge on any atom is -0.435 e. The Hall–Kier alpha value is -1.88. The molecule has 25 heavy (non-hydrogen) atoms. The normalized spacial score (nSPS) is 30.0. The lowest BCUT2D eigenvalue weighted by Crippen LogP contribution is -2.64. The molecule has 0 saturated carbocycles. The van der Waals surface area contributed by atoms with Gasteiger partial charge in [0.25, 0.3) is 0 Å². The van der Waals surface area contributed by atoms with E-state index in [9.17, 15) is 27.9 Å². The molecule has 2 saturated heterocycles. The van der Waals surface area contributed by atoms with Gasteiger partial charge in [0.2, 0.25) is 12.2 Å². The second-order valence-electron chi connectivity index (χ2n) is 6.28. The molecule has 142 valence electrons. The summed E-state index contributed by atoms with van der Waals surface area (Å²) in [5.41, 5.74) is 0. The molecule has 2 aliphatic rings. The fraction of sp³-hybridized carbons (Fsp3) is 0.786. The van der Waals surface area contributed by atoms with E-state index in [1.54, 1.807) is 6.92 Å². The number of aliphatic hydroxyl groups is 1. The van der Waals surface area contributed by atoms with Crippen molar-refractivity contribution < 1.29 is 42.1 Å². The van der Waals surface area contributed by atoms with Gasteiger partial charge in [-0.15, -0.1) is 0 Å². The van der Waals surface area contributed by atoms with Gasteiger partial charge >= 0.3 is 12.1 Å². The maximum absolute atomic E-state index is 12.6. The quantitative estimate of drug-likeness (QED) is 0.377. The first-order valence-corrected chi connectivity index (χ1v) is 9.25. The fourth-order valence-electron chi connectivity index (χ4n) is 3.10. The van der Waals surface area contributed by atoms with Gasteiger partial charge in [-0.05, 0) is 20.8 Å². The van der Waals surface area contributed by atoms with Gasteiger partial charge in [0.1, 0.15) is 11.4 Å². The average molecular weight is 379 g/mol. The minimum absolute atomic E-state index is 0.0694. The van der Waals surface area contributed by atoms with Gasteiger partial charge in [-0.3, -0.25) is 4.79 Å². The zero-order valence-electron chi connectivity index (χ0n) is 14.3. The molecule has 0 aromatic rings. The van der Waals surface area contributed by atoms with E-state index < -0.39 is 62.8 Å². The summed E-state index contributed by atoms with van der Waals surface area (Å²) in [6.45, 7) is 4.89. The Balaban J connectivity index is 2.19. The smallest absolute Gasteiger partial charge is 0.435 e. The lowest BCUT2D eigenvalue weighted by atomic mass is 9.92. The van der Waals surface area contributed by atoms with Crippen molar-refractivity contribution in [2.45, 2.75) is 50.1 Å². The molecule has 2 heterocycles. The SMILES string of the molecule is CCOC(=O)OC(C)OC(=O)[C@@H]1N2C(=O)[C@@H](CO)[C@H]2S(=O)(=O)C1(C)C. The highest BCUT2D eigenvalue weighted by Crippen LogP contribution is 2.48. The van der Waals surface area contributed by atoms with Crippen molar-refractivity contribution in [3.8, 4) is 0 Å². The number of aliphatic hydroxyl groups excluding tert-OH is 1. The van der Waals surface area contributed by atoms with Crippen molar-refractivity contribution in [2.24, 2.45) is 5.92 Å². The number of carbonyl (C=O) groups excluding carboxylic acids is 3. The van der Waals surface area contributed by atoms with E-state index >= 15 is 0 Å². The molecule has 11 heteroatoms. The zero-order chi connectivity index (χ0) is 19.2. The van der Waals surface area contributed by atoms with Crippen molar-refractivity contribution in [1.29, 1.82) is 0 Å². The third-order valence-electron chi connectivity index (χ3n) is 4.40. The number of ether oxygens (including phenoxy) is 3. The molecular weight excluding hydrogens is 358 g/mol. The first-order chi connectivity index (χ1) is 11.5. The molecule has 0 aromatic heterocycles. The van der Waals surface area contributed by atoms with E-state index in [2.05, 4.69) is 4.74 Å². The third kappa shape index (κ3) is 2.84. The molecule has 1 unspecified atom stereocenters. The highest BCUT2D eigenvalue weighted by Gasteiger charge is 2.72. The second-order valence-corrected chi connectivity index (χ2v) is 8.91. The van der Waals surface area contributed by atoms with Crippen LogP contribution in [0, 0.1) is 5.92 Å². The molecule has 10 nitrogen and oxygen atoms in total. The molecule has 0 spiro atoms. The summed E-state index contributed by atoms with van der Waals surface area (Å²) in [7, 11) is -3.91. The van der Waals surface area contributed by atoms with Gasteiger partial charge in [-0.2, -0.15) is 0 Å². The van der Waals surface area contributed by atoms with Gasteiger partial charge < -0.3 is 24.2 Å². The minimum atomic E-state index is -3.91. The first-order valence-electron chi connectivity index (χ1n) is 7.71. The molecule has 1 N–H and O–H groups in total. The van der Waals surface area contributed by atoms with E-state index in [4.69, 9.17) is 9.47 Å². The zero-order valence-corrected chi connectivity index (χ0v) is 15.1. The summed E-state index contributed by atoms with van der Waals surface area (Å²) in [6, 6.07) is -1.40. The maximum Gasteiger partial charge on any atom is 0.511 e. The van der Waals surface area contributed by atoms with Crippen LogP contribution in [0.5, 0.6) is 0 Å². The number of esters is 1. The Bertz CT molecular complexity index is 686. The first kappa shape index (κ1) is 19.4. The van der Waals surface area contributed by atoms with E-state index in [0.29, 0.717) is 0 Å². The molecule has 0 radical (unpaired) electrons. The summed E-state index contributed by atoms with van der Waals surface area (Å²) >= 11 is 0. The van der Waals surface area contributed by atoms with Gasteiger partial charge in [0.15, 0.2) is 9.84 Å². The molecular formula is C14H21NO9S. The number of rotatable bonds is 5. The largest absolute Gasteiger partial charge is 0.511 e. The monoisotopic (exact) mass is 379 g/mol. The van der Waals surface area contributed by atoms with Crippen molar-refractivity contribution in [2.75, 3.05) is 13.2 Å². The highest BCUT2D eigenvalue weighted by atomic mass is 32.2. The number of nitrogens with zero attached hydrogens (tertiary/aromatic N) is 1. The Morgan fingerprint density at radius 3 is 2.44 bits per heavy atom. The van der Waals surface area contributed by atoms with Crippen LogP contribution in [0.1, 0.15) is 27.7 Å². The molecule has 2 fully saturated rings.